The van der Waals surface area contributed by atoms with E-state index in [-0.39, 0.29) is 23.9 Å². The van der Waals surface area contributed by atoms with Gasteiger partial charge in [-0.15, -0.1) is 11.3 Å². The van der Waals surface area contributed by atoms with E-state index in [1.165, 1.54) is 4.88 Å². The van der Waals surface area contributed by atoms with Crippen LogP contribution >= 0.6 is 11.3 Å². The first-order valence-electron chi connectivity index (χ1n) is 6.04. The molecule has 1 aliphatic rings. The Labute approximate surface area is 106 Å². The first kappa shape index (κ1) is 12.5. The molecule has 2 N–H and O–H groups in total. The second kappa shape index (κ2) is 5.14. The average molecular weight is 253 g/mol. The first-order valence-corrected chi connectivity index (χ1v) is 6.85. The van der Waals surface area contributed by atoms with Crippen molar-refractivity contribution in [1.82, 2.24) is 15.6 Å². The molecule has 1 fully saturated rings. The molecule has 1 aromatic rings. The molecule has 1 amide bonds. The average Bonchev–Trinajstić information content (AvgIpc) is 2.86. The van der Waals surface area contributed by atoms with E-state index in [1.807, 2.05) is 20.0 Å². The van der Waals surface area contributed by atoms with Crippen molar-refractivity contribution >= 4 is 17.2 Å². The van der Waals surface area contributed by atoms with E-state index in [1.54, 1.807) is 11.3 Å². The molecule has 2 rings (SSSR count). The number of thiazole rings is 1. The van der Waals surface area contributed by atoms with Crippen LogP contribution in [0.3, 0.4) is 0 Å². The third-order valence-corrected chi connectivity index (χ3v) is 4.33. The number of nitrogens with one attached hydrogen (secondary N) is 2. The van der Waals surface area contributed by atoms with Crippen LogP contribution in [0, 0.1) is 12.8 Å². The highest BCUT2D eigenvalue weighted by Crippen LogP contribution is 2.21. The number of amides is 1. The number of carbonyl (C=O) groups is 1. The summed E-state index contributed by atoms with van der Waals surface area (Å²) >= 11 is 1.64. The Morgan fingerprint density at radius 2 is 2.47 bits per heavy atom. The van der Waals surface area contributed by atoms with Gasteiger partial charge < -0.3 is 10.6 Å². The van der Waals surface area contributed by atoms with Crippen molar-refractivity contribution in [3.05, 3.63) is 16.1 Å². The van der Waals surface area contributed by atoms with Gasteiger partial charge in [0.05, 0.1) is 12.0 Å². The third-order valence-electron chi connectivity index (χ3n) is 3.23. The molecule has 3 atom stereocenters. The molecule has 3 unspecified atom stereocenters. The van der Waals surface area contributed by atoms with Crippen molar-refractivity contribution in [1.29, 1.82) is 0 Å². The van der Waals surface area contributed by atoms with E-state index < -0.39 is 0 Å². The lowest BCUT2D eigenvalue weighted by Gasteiger charge is -2.18. The van der Waals surface area contributed by atoms with Gasteiger partial charge in [0.25, 0.3) is 0 Å². The van der Waals surface area contributed by atoms with Gasteiger partial charge in [0.15, 0.2) is 0 Å². The smallest absolute Gasteiger partial charge is 0.225 e. The van der Waals surface area contributed by atoms with Crippen LogP contribution in [0.2, 0.25) is 0 Å². The van der Waals surface area contributed by atoms with Crippen LogP contribution in [-0.2, 0) is 4.79 Å². The van der Waals surface area contributed by atoms with Crippen LogP contribution < -0.4 is 10.6 Å². The zero-order valence-corrected chi connectivity index (χ0v) is 11.3. The van der Waals surface area contributed by atoms with Crippen LogP contribution in [0.1, 0.15) is 36.2 Å². The van der Waals surface area contributed by atoms with Gasteiger partial charge in [-0.3, -0.25) is 4.79 Å². The summed E-state index contributed by atoms with van der Waals surface area (Å²) < 4.78 is 0. The maximum Gasteiger partial charge on any atom is 0.225 e. The lowest BCUT2D eigenvalue weighted by atomic mass is 10.0. The Bertz CT molecular complexity index is 404. The van der Waals surface area contributed by atoms with E-state index in [2.05, 4.69) is 22.5 Å². The van der Waals surface area contributed by atoms with E-state index >= 15 is 0 Å². The van der Waals surface area contributed by atoms with Crippen LogP contribution in [0.25, 0.3) is 0 Å². The number of nitrogens with zero attached hydrogens (tertiary/aromatic N) is 1. The van der Waals surface area contributed by atoms with Gasteiger partial charge in [0.2, 0.25) is 5.91 Å². The van der Waals surface area contributed by atoms with Crippen molar-refractivity contribution in [2.45, 2.75) is 39.3 Å². The molecule has 0 spiro atoms. The van der Waals surface area contributed by atoms with Gasteiger partial charge >= 0.3 is 0 Å². The second-order valence-corrected chi connectivity index (χ2v) is 5.94. The molecule has 0 saturated carbocycles. The van der Waals surface area contributed by atoms with Crippen molar-refractivity contribution in [2.75, 3.05) is 6.54 Å². The minimum atomic E-state index is 0.00833. The van der Waals surface area contributed by atoms with Crippen LogP contribution in [0.4, 0.5) is 0 Å². The molecular weight excluding hydrogens is 234 g/mol. The Kier molecular flexibility index (Phi) is 3.79. The number of carbonyl (C=O) groups excluding carboxylic acids is 1. The largest absolute Gasteiger partial charge is 0.347 e. The number of hydrogen-bond donors (Lipinski definition) is 2. The second-order valence-electron chi connectivity index (χ2n) is 4.68. The fourth-order valence-electron chi connectivity index (χ4n) is 2.17. The van der Waals surface area contributed by atoms with E-state index in [9.17, 15) is 4.79 Å². The van der Waals surface area contributed by atoms with E-state index in [4.69, 9.17) is 0 Å². The van der Waals surface area contributed by atoms with Gasteiger partial charge in [0, 0.05) is 17.1 Å². The topological polar surface area (TPSA) is 54.0 Å². The quantitative estimate of drug-likeness (QED) is 0.861. The molecule has 1 aromatic heterocycles. The summed E-state index contributed by atoms with van der Waals surface area (Å²) in [5, 5.41) is 7.33. The number of aromatic nitrogens is 1. The third kappa shape index (κ3) is 2.84. The highest BCUT2D eigenvalue weighted by molar-refractivity contribution is 7.11. The monoisotopic (exact) mass is 253 g/mol. The molecule has 17 heavy (non-hydrogen) atoms. The Hall–Kier alpha value is -0.940. The maximum absolute atomic E-state index is 12.1. The molecule has 4 nitrogen and oxygen atoms in total. The predicted octanol–water partition coefficient (Wildman–Crippen LogP) is 1.63. The molecule has 5 heteroatoms. The highest BCUT2D eigenvalue weighted by atomic mass is 32.1. The summed E-state index contributed by atoms with van der Waals surface area (Å²) in [6.45, 7) is 7.02. The molecule has 94 valence electrons. The molecule has 0 radical (unpaired) electrons. The summed E-state index contributed by atoms with van der Waals surface area (Å²) in [4.78, 5) is 17.6. The summed E-state index contributed by atoms with van der Waals surface area (Å²) in [7, 11) is 0. The molecular formula is C12H19N3OS. The fourth-order valence-corrected chi connectivity index (χ4v) is 2.95. The summed E-state index contributed by atoms with van der Waals surface area (Å²) in [6.07, 6.45) is 2.78. The van der Waals surface area contributed by atoms with Crippen molar-refractivity contribution in [2.24, 2.45) is 5.92 Å². The molecule has 0 aliphatic carbocycles. The Morgan fingerprint density at radius 3 is 3.00 bits per heavy atom. The molecule has 2 heterocycles. The van der Waals surface area contributed by atoms with E-state index in [0.717, 1.165) is 18.0 Å². The van der Waals surface area contributed by atoms with Crippen LogP contribution in [-0.4, -0.2) is 23.5 Å². The summed E-state index contributed by atoms with van der Waals surface area (Å²) in [5.74, 6) is 0.237. The lowest BCUT2D eigenvalue weighted by Crippen LogP contribution is -2.37. The molecule has 1 aliphatic heterocycles. The Morgan fingerprint density at radius 1 is 1.71 bits per heavy atom. The molecule has 0 aromatic carbocycles. The number of aryl methyl sites for hydroxylation is 1. The van der Waals surface area contributed by atoms with Gasteiger partial charge in [-0.05, 0) is 33.7 Å². The Balaban J connectivity index is 1.94. The molecule has 1 saturated heterocycles. The van der Waals surface area contributed by atoms with E-state index in [0.29, 0.717) is 0 Å². The maximum atomic E-state index is 12.1. The van der Waals surface area contributed by atoms with Crippen LogP contribution in [0.15, 0.2) is 6.20 Å². The minimum Gasteiger partial charge on any atom is -0.347 e. The SMILES string of the molecule is Cc1cnc(C(C)NC(=O)C2CCNC2C)s1. The normalized spacial score (nSPS) is 25.8. The standard InChI is InChI=1S/C12H19N3OS/c1-7-6-14-12(17-7)9(3)15-11(16)10-4-5-13-8(10)2/h6,8-10,13H,4-5H2,1-3H3,(H,15,16). The molecule has 0 bridgehead atoms. The highest BCUT2D eigenvalue weighted by Gasteiger charge is 2.30. The minimum absolute atomic E-state index is 0.00833. The zero-order valence-electron chi connectivity index (χ0n) is 10.5. The zero-order chi connectivity index (χ0) is 12.4. The van der Waals surface area contributed by atoms with Crippen LogP contribution in [0.5, 0.6) is 0 Å². The fraction of sp³-hybridized carbons (Fsp3) is 0.667. The first-order chi connectivity index (χ1) is 8.08. The number of rotatable bonds is 3. The predicted molar refractivity (Wildman–Crippen MR) is 69.0 cm³/mol. The lowest BCUT2D eigenvalue weighted by molar-refractivity contribution is -0.125. The number of hydrogen-bond acceptors (Lipinski definition) is 4. The van der Waals surface area contributed by atoms with Gasteiger partial charge in [-0.2, -0.15) is 0 Å². The van der Waals surface area contributed by atoms with Gasteiger partial charge in [-0.1, -0.05) is 0 Å². The van der Waals surface area contributed by atoms with Crippen molar-refractivity contribution < 1.29 is 4.79 Å². The summed E-state index contributed by atoms with van der Waals surface area (Å²) in [5.41, 5.74) is 0. The summed E-state index contributed by atoms with van der Waals surface area (Å²) in [6, 6.07) is 0.286. The van der Waals surface area contributed by atoms with Gasteiger partial charge in [-0.25, -0.2) is 4.98 Å². The van der Waals surface area contributed by atoms with Crippen molar-refractivity contribution in [3.63, 3.8) is 0 Å². The van der Waals surface area contributed by atoms with Crippen molar-refractivity contribution in [3.8, 4) is 0 Å². The van der Waals surface area contributed by atoms with Gasteiger partial charge in [0.1, 0.15) is 5.01 Å².